The molecule has 0 aliphatic heterocycles. The number of sulfonamides is 1. The highest BCUT2D eigenvalue weighted by atomic mass is 32.2. The van der Waals surface area contributed by atoms with Crippen molar-refractivity contribution in [2.75, 3.05) is 13.7 Å². The molecule has 0 unspecified atom stereocenters. The summed E-state index contributed by atoms with van der Waals surface area (Å²) in [5.74, 6) is 0.241. The SMILES string of the molecule is CCOc1cc(CNC(=O)c2ccc(OC)c(S(=O)(=O)NC(C)C)c2)ccn1. The maximum Gasteiger partial charge on any atom is 0.251 e. The molecule has 0 aliphatic carbocycles. The number of amides is 1. The summed E-state index contributed by atoms with van der Waals surface area (Å²) >= 11 is 0. The molecule has 28 heavy (non-hydrogen) atoms. The minimum atomic E-state index is -3.82. The highest BCUT2D eigenvalue weighted by Gasteiger charge is 2.22. The van der Waals surface area contributed by atoms with Crippen LogP contribution in [-0.4, -0.2) is 39.1 Å². The summed E-state index contributed by atoms with van der Waals surface area (Å²) in [4.78, 5) is 16.5. The molecule has 0 spiro atoms. The summed E-state index contributed by atoms with van der Waals surface area (Å²) in [5, 5.41) is 2.76. The van der Waals surface area contributed by atoms with Gasteiger partial charge in [0, 0.05) is 30.4 Å². The number of nitrogens with one attached hydrogen (secondary N) is 2. The number of aromatic nitrogens is 1. The molecule has 1 amide bonds. The van der Waals surface area contributed by atoms with Gasteiger partial charge in [0.05, 0.1) is 13.7 Å². The predicted molar refractivity (Wildman–Crippen MR) is 105 cm³/mol. The van der Waals surface area contributed by atoms with E-state index in [4.69, 9.17) is 9.47 Å². The molecule has 0 saturated heterocycles. The van der Waals surface area contributed by atoms with Gasteiger partial charge < -0.3 is 14.8 Å². The molecule has 0 aliphatic rings. The lowest BCUT2D eigenvalue weighted by Gasteiger charge is -2.14. The van der Waals surface area contributed by atoms with Gasteiger partial charge >= 0.3 is 0 Å². The van der Waals surface area contributed by atoms with Crippen LogP contribution in [0.4, 0.5) is 0 Å². The Kier molecular flexibility index (Phi) is 7.36. The first-order valence-corrected chi connectivity index (χ1v) is 10.3. The molecule has 2 aromatic rings. The van der Waals surface area contributed by atoms with E-state index in [1.165, 1.54) is 25.3 Å². The number of ether oxygens (including phenoxy) is 2. The summed E-state index contributed by atoms with van der Waals surface area (Å²) in [6.07, 6.45) is 1.60. The summed E-state index contributed by atoms with van der Waals surface area (Å²) in [6.45, 7) is 6.04. The molecule has 0 bridgehead atoms. The zero-order chi connectivity index (χ0) is 20.7. The maximum absolute atomic E-state index is 12.5. The Morgan fingerprint density at radius 1 is 1.21 bits per heavy atom. The first-order valence-electron chi connectivity index (χ1n) is 8.83. The van der Waals surface area contributed by atoms with E-state index in [0.717, 1.165) is 5.56 Å². The van der Waals surface area contributed by atoms with Gasteiger partial charge in [-0.2, -0.15) is 0 Å². The minimum absolute atomic E-state index is 0.0844. The molecule has 152 valence electrons. The van der Waals surface area contributed by atoms with Crippen molar-refractivity contribution >= 4 is 15.9 Å². The Labute approximate surface area is 165 Å². The Morgan fingerprint density at radius 2 is 1.96 bits per heavy atom. The third-order valence-electron chi connectivity index (χ3n) is 3.65. The summed E-state index contributed by atoms with van der Waals surface area (Å²) in [5.41, 5.74) is 1.03. The molecule has 0 saturated carbocycles. The smallest absolute Gasteiger partial charge is 0.251 e. The standard InChI is InChI=1S/C19H25N3O5S/c1-5-27-18-10-14(8-9-20-18)12-21-19(23)15-6-7-16(26-4)17(11-15)28(24,25)22-13(2)3/h6-11,13,22H,5,12H2,1-4H3,(H,21,23). The van der Waals surface area contributed by atoms with Crippen molar-refractivity contribution in [3.8, 4) is 11.6 Å². The highest BCUT2D eigenvalue weighted by Crippen LogP contribution is 2.25. The van der Waals surface area contributed by atoms with E-state index in [9.17, 15) is 13.2 Å². The van der Waals surface area contributed by atoms with Crippen molar-refractivity contribution in [3.05, 3.63) is 47.7 Å². The van der Waals surface area contributed by atoms with E-state index in [1.54, 1.807) is 32.2 Å². The fourth-order valence-electron chi connectivity index (χ4n) is 2.47. The van der Waals surface area contributed by atoms with E-state index >= 15 is 0 Å². The van der Waals surface area contributed by atoms with Crippen LogP contribution in [0.15, 0.2) is 41.4 Å². The van der Waals surface area contributed by atoms with Crippen molar-refractivity contribution in [1.82, 2.24) is 15.0 Å². The molecule has 0 atom stereocenters. The fourth-order valence-corrected chi connectivity index (χ4v) is 3.92. The van der Waals surface area contributed by atoms with E-state index in [2.05, 4.69) is 15.0 Å². The number of carbonyl (C=O) groups is 1. The largest absolute Gasteiger partial charge is 0.495 e. The first-order chi connectivity index (χ1) is 13.3. The van der Waals surface area contributed by atoms with E-state index < -0.39 is 15.9 Å². The van der Waals surface area contributed by atoms with Crippen LogP contribution >= 0.6 is 0 Å². The molecule has 2 N–H and O–H groups in total. The van der Waals surface area contributed by atoms with Gasteiger partial charge in [-0.3, -0.25) is 4.79 Å². The molecule has 9 heteroatoms. The van der Waals surface area contributed by atoms with Crippen LogP contribution in [0.3, 0.4) is 0 Å². The summed E-state index contributed by atoms with van der Waals surface area (Å²) < 4.78 is 38.0. The molecule has 1 aromatic heterocycles. The van der Waals surface area contributed by atoms with Gasteiger partial charge in [0.25, 0.3) is 5.91 Å². The monoisotopic (exact) mass is 407 g/mol. The summed E-state index contributed by atoms with van der Waals surface area (Å²) in [6, 6.07) is 7.49. The van der Waals surface area contributed by atoms with Gasteiger partial charge in [0.1, 0.15) is 10.6 Å². The van der Waals surface area contributed by atoms with Gasteiger partial charge in [-0.25, -0.2) is 18.1 Å². The molecule has 0 fully saturated rings. The van der Waals surface area contributed by atoms with Crippen molar-refractivity contribution in [2.45, 2.75) is 38.3 Å². The van der Waals surface area contributed by atoms with E-state index in [0.29, 0.717) is 12.5 Å². The third kappa shape index (κ3) is 5.67. The van der Waals surface area contributed by atoms with Crippen LogP contribution < -0.4 is 19.5 Å². The van der Waals surface area contributed by atoms with Crippen LogP contribution in [0, 0.1) is 0 Å². The van der Waals surface area contributed by atoms with E-state index in [1.807, 2.05) is 6.92 Å². The zero-order valence-electron chi connectivity index (χ0n) is 16.4. The predicted octanol–water partition coefficient (Wildman–Crippen LogP) is 2.11. The topological polar surface area (TPSA) is 107 Å². The number of pyridine rings is 1. The Bertz CT molecular complexity index is 929. The third-order valence-corrected chi connectivity index (χ3v) is 5.33. The number of carbonyl (C=O) groups excluding carboxylic acids is 1. The number of rotatable bonds is 9. The van der Waals surface area contributed by atoms with Crippen LogP contribution in [0.5, 0.6) is 11.6 Å². The minimum Gasteiger partial charge on any atom is -0.495 e. The molecule has 1 heterocycles. The van der Waals surface area contributed by atoms with Crippen molar-refractivity contribution in [1.29, 1.82) is 0 Å². The van der Waals surface area contributed by atoms with Crippen molar-refractivity contribution < 1.29 is 22.7 Å². The Hall–Kier alpha value is -2.65. The lowest BCUT2D eigenvalue weighted by molar-refractivity contribution is 0.0950. The van der Waals surface area contributed by atoms with Crippen molar-refractivity contribution in [3.63, 3.8) is 0 Å². The van der Waals surface area contributed by atoms with Gasteiger partial charge in [-0.1, -0.05) is 0 Å². The first kappa shape index (κ1) is 21.6. The normalized spacial score (nSPS) is 11.3. The molecule has 0 radical (unpaired) electrons. The van der Waals surface area contributed by atoms with Gasteiger partial charge in [0.2, 0.25) is 15.9 Å². The van der Waals surface area contributed by atoms with Gasteiger partial charge in [0.15, 0.2) is 0 Å². The molecule has 1 aromatic carbocycles. The molecular weight excluding hydrogens is 382 g/mol. The lowest BCUT2D eigenvalue weighted by Crippen LogP contribution is -2.31. The second-order valence-corrected chi connectivity index (χ2v) is 7.94. The second kappa shape index (κ2) is 9.52. The number of nitrogens with zero attached hydrogens (tertiary/aromatic N) is 1. The van der Waals surface area contributed by atoms with E-state index in [-0.39, 0.29) is 28.8 Å². The highest BCUT2D eigenvalue weighted by molar-refractivity contribution is 7.89. The maximum atomic E-state index is 12.5. The average Bonchev–Trinajstić information content (AvgIpc) is 2.65. The van der Waals surface area contributed by atoms with Crippen LogP contribution in [0.2, 0.25) is 0 Å². The van der Waals surface area contributed by atoms with Crippen molar-refractivity contribution in [2.24, 2.45) is 0 Å². The molecule has 8 nitrogen and oxygen atoms in total. The van der Waals surface area contributed by atoms with Crippen LogP contribution in [-0.2, 0) is 16.6 Å². The molecule has 2 rings (SSSR count). The number of hydrogen-bond acceptors (Lipinski definition) is 6. The number of methoxy groups -OCH3 is 1. The lowest BCUT2D eigenvalue weighted by atomic mass is 10.2. The van der Waals surface area contributed by atoms with Gasteiger partial charge in [-0.05, 0) is 50.6 Å². The molecular formula is C19H25N3O5S. The Balaban J connectivity index is 2.19. The van der Waals surface area contributed by atoms with Crippen LogP contribution in [0.25, 0.3) is 0 Å². The van der Waals surface area contributed by atoms with Gasteiger partial charge in [-0.15, -0.1) is 0 Å². The fraction of sp³-hybridized carbons (Fsp3) is 0.368. The number of hydrogen-bond donors (Lipinski definition) is 2. The Morgan fingerprint density at radius 3 is 2.61 bits per heavy atom. The quantitative estimate of drug-likeness (QED) is 0.659. The zero-order valence-corrected chi connectivity index (χ0v) is 17.2. The summed E-state index contributed by atoms with van der Waals surface area (Å²) in [7, 11) is -2.44. The second-order valence-electron chi connectivity index (χ2n) is 6.26. The van der Waals surface area contributed by atoms with Crippen LogP contribution in [0.1, 0.15) is 36.7 Å². The average molecular weight is 407 g/mol. The number of benzene rings is 1.